The summed E-state index contributed by atoms with van der Waals surface area (Å²) in [6.07, 6.45) is 22.3. The topological polar surface area (TPSA) is 80.3 Å². The molecular formula is C24H48BaCdO4. The standard InChI is InChI=1S/2C12H24O2.Ba.Cd.2H/c2*1-2-3-4-5-6-7-8-9-10-11-12(13)14;;;;/h2*2-11H2,1H3,(H,13,14);;;;/q;;2*+2;2*-1/p-2. The molecule has 0 radical (unpaired) electrons. The molecule has 0 amide bonds. The fourth-order valence-corrected chi connectivity index (χ4v) is 3.16. The van der Waals surface area contributed by atoms with E-state index >= 15 is 0 Å². The van der Waals surface area contributed by atoms with Crippen molar-refractivity contribution in [3.8, 4) is 0 Å². The molecule has 0 aliphatic heterocycles. The van der Waals surface area contributed by atoms with E-state index in [1.807, 2.05) is 0 Å². The summed E-state index contributed by atoms with van der Waals surface area (Å²) in [5, 5.41) is 20.2. The molecule has 0 heterocycles. The minimum Gasteiger partial charge on any atom is -1.00 e. The Bertz CT molecular complexity index is 320. The van der Waals surface area contributed by atoms with Crippen molar-refractivity contribution in [2.75, 3.05) is 0 Å². The number of carbonyl (C=O) groups is 2. The molecule has 0 rings (SSSR count). The van der Waals surface area contributed by atoms with Crippen molar-refractivity contribution < 1.29 is 50.0 Å². The van der Waals surface area contributed by atoms with E-state index in [1.54, 1.807) is 0 Å². The van der Waals surface area contributed by atoms with Crippen molar-refractivity contribution in [1.82, 2.24) is 0 Å². The molecule has 0 aliphatic rings. The zero-order chi connectivity index (χ0) is 21.3. The first kappa shape index (κ1) is 38.7. The van der Waals surface area contributed by atoms with E-state index in [4.69, 9.17) is 0 Å². The van der Waals surface area contributed by atoms with Gasteiger partial charge in [0.1, 0.15) is 0 Å². The number of carboxylic acids is 2. The average Bonchev–Trinajstić information content (AvgIpc) is 2.65. The molecule has 172 valence electrons. The summed E-state index contributed by atoms with van der Waals surface area (Å²) in [6, 6.07) is 0. The average molecular weight is 650 g/mol. The minimum atomic E-state index is -0.909. The summed E-state index contributed by atoms with van der Waals surface area (Å²) in [5.41, 5.74) is 0. The second-order valence-corrected chi connectivity index (χ2v) is 7.90. The van der Waals surface area contributed by atoms with E-state index in [2.05, 4.69) is 13.8 Å². The molecule has 0 spiro atoms. The van der Waals surface area contributed by atoms with Gasteiger partial charge in [0, 0.05) is 11.9 Å². The van der Waals surface area contributed by atoms with Gasteiger partial charge in [-0.15, -0.1) is 0 Å². The van der Waals surface area contributed by atoms with Gasteiger partial charge >= 0.3 is 76.2 Å². The van der Waals surface area contributed by atoms with Crippen molar-refractivity contribution in [3.63, 3.8) is 0 Å². The molecule has 0 aromatic rings. The van der Waals surface area contributed by atoms with Gasteiger partial charge in [-0.2, -0.15) is 0 Å². The van der Waals surface area contributed by atoms with E-state index in [9.17, 15) is 19.8 Å². The second-order valence-electron chi connectivity index (χ2n) is 7.90. The van der Waals surface area contributed by atoms with Gasteiger partial charge in [-0.05, 0) is 25.7 Å². The summed E-state index contributed by atoms with van der Waals surface area (Å²) in [4.78, 5) is 20.2. The summed E-state index contributed by atoms with van der Waals surface area (Å²) >= 11 is 0. The Balaban J connectivity index is -0.0000000939. The molecule has 0 saturated heterocycles. The molecule has 0 atom stereocenters. The molecule has 0 fully saturated rings. The number of carbonyl (C=O) groups excluding carboxylic acids is 2. The molecule has 6 heteroatoms. The van der Waals surface area contributed by atoms with E-state index in [-0.39, 0.29) is 91.9 Å². The van der Waals surface area contributed by atoms with Crippen LogP contribution < -0.4 is 10.2 Å². The van der Waals surface area contributed by atoms with Crippen LogP contribution in [-0.2, 0) is 36.9 Å². The van der Waals surface area contributed by atoms with E-state index in [0.29, 0.717) is 0 Å². The van der Waals surface area contributed by atoms with Crippen LogP contribution >= 0.6 is 0 Å². The van der Waals surface area contributed by atoms with Crippen LogP contribution in [0.4, 0.5) is 0 Å². The summed E-state index contributed by atoms with van der Waals surface area (Å²) in [7, 11) is 0. The number of hydrogen-bond acceptors (Lipinski definition) is 4. The van der Waals surface area contributed by atoms with Gasteiger partial charge in [0.15, 0.2) is 0 Å². The van der Waals surface area contributed by atoms with Crippen molar-refractivity contribution >= 4 is 60.8 Å². The first-order valence-electron chi connectivity index (χ1n) is 11.9. The van der Waals surface area contributed by atoms with Gasteiger partial charge < -0.3 is 22.7 Å². The van der Waals surface area contributed by atoms with Gasteiger partial charge in [-0.25, -0.2) is 0 Å². The molecule has 4 nitrogen and oxygen atoms in total. The van der Waals surface area contributed by atoms with Crippen LogP contribution in [0.1, 0.15) is 145 Å². The van der Waals surface area contributed by atoms with E-state index < -0.39 is 11.9 Å². The third-order valence-corrected chi connectivity index (χ3v) is 4.97. The van der Waals surface area contributed by atoms with E-state index in [1.165, 1.54) is 89.9 Å². The summed E-state index contributed by atoms with van der Waals surface area (Å²) < 4.78 is 0. The molecule has 0 N–H and O–H groups in total. The molecule has 0 bridgehead atoms. The maximum atomic E-state index is 10.1. The monoisotopic (exact) mass is 652 g/mol. The normalized spacial score (nSPS) is 9.67. The zero-order valence-electron chi connectivity index (χ0n) is 22.2. The second kappa shape index (κ2) is 35.0. The smallest absolute Gasteiger partial charge is 1.00 e. The summed E-state index contributed by atoms with van der Waals surface area (Å²) in [5.74, 6) is -1.82. The van der Waals surface area contributed by atoms with Gasteiger partial charge in [0.25, 0.3) is 0 Å². The fourth-order valence-electron chi connectivity index (χ4n) is 3.16. The Hall–Kier alpha value is 1.43. The quantitative estimate of drug-likeness (QED) is 0.135. The molecule has 0 unspecified atom stereocenters. The van der Waals surface area contributed by atoms with Gasteiger partial charge in [-0.1, -0.05) is 117 Å². The Kier molecular flexibility index (Phi) is 45.2. The van der Waals surface area contributed by atoms with Gasteiger partial charge in [0.05, 0.1) is 0 Å². The Morgan fingerprint density at radius 2 is 0.700 bits per heavy atom. The molecule has 0 aromatic carbocycles. The number of rotatable bonds is 20. The van der Waals surface area contributed by atoms with E-state index in [0.717, 1.165) is 25.7 Å². The zero-order valence-corrected chi connectivity index (χ0v) is 28.7. The van der Waals surface area contributed by atoms with Crippen LogP contribution in [0.5, 0.6) is 0 Å². The SMILES string of the molecule is CCCCCCCCCCCC(=O)[O-].CCCCCCCCCCCC(=O)[O-].[Ba+2].[Cd+2].[H-].[H-]. The third kappa shape index (κ3) is 43.3. The Morgan fingerprint density at radius 3 is 0.900 bits per heavy atom. The Morgan fingerprint density at radius 1 is 0.500 bits per heavy atom. The third-order valence-electron chi connectivity index (χ3n) is 4.97. The van der Waals surface area contributed by atoms with Crippen LogP contribution in [0.2, 0.25) is 0 Å². The number of aliphatic carboxylic acids is 2. The van der Waals surface area contributed by atoms with Crippen molar-refractivity contribution in [3.05, 3.63) is 0 Å². The Labute approximate surface area is 250 Å². The minimum absolute atomic E-state index is 0. The molecule has 0 saturated carbocycles. The predicted octanol–water partition coefficient (Wildman–Crippen LogP) is 5.16. The van der Waals surface area contributed by atoms with Crippen LogP contribution in [0.15, 0.2) is 0 Å². The number of carboxylic acid groups (broad SMARTS) is 2. The number of hydrogen-bond donors (Lipinski definition) is 0. The fraction of sp³-hybridized carbons (Fsp3) is 0.917. The van der Waals surface area contributed by atoms with Crippen LogP contribution in [0, 0.1) is 0 Å². The van der Waals surface area contributed by atoms with Crippen molar-refractivity contribution in [2.45, 2.75) is 142 Å². The molecule has 30 heavy (non-hydrogen) atoms. The predicted molar refractivity (Wildman–Crippen MR) is 122 cm³/mol. The molecule has 0 aromatic heterocycles. The summed E-state index contributed by atoms with van der Waals surface area (Å²) in [6.45, 7) is 4.44. The first-order valence-corrected chi connectivity index (χ1v) is 11.9. The molecular weight excluding hydrogens is 602 g/mol. The van der Waals surface area contributed by atoms with Crippen molar-refractivity contribution in [1.29, 1.82) is 0 Å². The van der Waals surface area contributed by atoms with Crippen LogP contribution in [-0.4, -0.2) is 60.8 Å². The van der Waals surface area contributed by atoms with Gasteiger partial charge in [-0.3, -0.25) is 0 Å². The van der Waals surface area contributed by atoms with Crippen LogP contribution in [0.3, 0.4) is 0 Å². The largest absolute Gasteiger partial charge is 2.00 e. The number of unbranched alkanes of at least 4 members (excludes halogenated alkanes) is 16. The first-order chi connectivity index (χ1) is 13.5. The molecule has 0 aliphatic carbocycles. The maximum absolute atomic E-state index is 10.1. The van der Waals surface area contributed by atoms with Crippen molar-refractivity contribution in [2.24, 2.45) is 0 Å². The van der Waals surface area contributed by atoms with Crippen LogP contribution in [0.25, 0.3) is 0 Å². The maximum Gasteiger partial charge on any atom is 2.00 e. The van der Waals surface area contributed by atoms with Gasteiger partial charge in [0.2, 0.25) is 0 Å².